The summed E-state index contributed by atoms with van der Waals surface area (Å²) in [5.74, 6) is 1.26. The Morgan fingerprint density at radius 2 is 1.86 bits per heavy atom. The fourth-order valence-electron chi connectivity index (χ4n) is 5.85. The second kappa shape index (κ2) is 9.77. The van der Waals surface area contributed by atoms with E-state index in [1.165, 1.54) is 0 Å². The van der Waals surface area contributed by atoms with Gasteiger partial charge < -0.3 is 24.3 Å². The number of benzene rings is 2. The fourth-order valence-corrected chi connectivity index (χ4v) is 5.85. The van der Waals surface area contributed by atoms with Crippen molar-refractivity contribution >= 4 is 22.7 Å². The second-order valence-electron chi connectivity index (χ2n) is 10.3. The highest BCUT2D eigenvalue weighted by Crippen LogP contribution is 2.49. The maximum Gasteiger partial charge on any atom is 0.255 e. The van der Waals surface area contributed by atoms with Crippen LogP contribution in [0, 0.1) is 0 Å². The molecule has 2 amide bonds. The van der Waals surface area contributed by atoms with Crippen LogP contribution in [0.1, 0.15) is 70.2 Å². The van der Waals surface area contributed by atoms with Crippen molar-refractivity contribution in [3.05, 3.63) is 59.3 Å². The number of hydrogen-bond acceptors (Lipinski definition) is 4. The number of para-hydroxylation sites is 1. The molecule has 3 aromatic rings. The summed E-state index contributed by atoms with van der Waals surface area (Å²) in [6, 6.07) is 14.2. The van der Waals surface area contributed by atoms with E-state index in [4.69, 9.17) is 9.47 Å². The zero-order valence-electron chi connectivity index (χ0n) is 22.5. The minimum Gasteiger partial charge on any atom is -0.490 e. The molecule has 3 atom stereocenters. The Bertz CT molecular complexity index is 1330. The van der Waals surface area contributed by atoms with Crippen molar-refractivity contribution in [2.45, 2.75) is 65.0 Å². The summed E-state index contributed by atoms with van der Waals surface area (Å²) in [4.78, 5) is 34.8. The molecule has 0 radical (unpaired) electrons. The summed E-state index contributed by atoms with van der Waals surface area (Å²) >= 11 is 0. The number of fused-ring (bicyclic) bond motifs is 5. The molecular weight excluding hydrogens is 466 g/mol. The van der Waals surface area contributed by atoms with E-state index in [1.807, 2.05) is 58.0 Å². The molecule has 7 nitrogen and oxygen atoms in total. The zero-order chi connectivity index (χ0) is 26.3. The van der Waals surface area contributed by atoms with E-state index < -0.39 is 5.54 Å². The number of carbonyl (C=O) groups excluding carboxylic acids is 2. The van der Waals surface area contributed by atoms with Crippen molar-refractivity contribution < 1.29 is 19.1 Å². The molecule has 37 heavy (non-hydrogen) atoms. The Kier molecular flexibility index (Phi) is 6.65. The molecule has 2 aliphatic heterocycles. The Morgan fingerprint density at radius 1 is 1.08 bits per heavy atom. The number of amides is 2. The lowest BCUT2D eigenvalue weighted by Gasteiger charge is -2.52. The lowest BCUT2D eigenvalue weighted by atomic mass is 9.76. The van der Waals surface area contributed by atoms with Gasteiger partial charge in [-0.2, -0.15) is 0 Å². The first-order valence-corrected chi connectivity index (χ1v) is 13.5. The predicted octanol–water partition coefficient (Wildman–Crippen LogP) is 5.19. The summed E-state index contributed by atoms with van der Waals surface area (Å²) in [6.45, 7) is 11.7. The monoisotopic (exact) mass is 503 g/mol. The summed E-state index contributed by atoms with van der Waals surface area (Å²) in [5.41, 5.74) is 2.79. The Balaban J connectivity index is 1.69. The largest absolute Gasteiger partial charge is 0.490 e. The van der Waals surface area contributed by atoms with Crippen molar-refractivity contribution in [3.8, 4) is 11.5 Å². The lowest BCUT2D eigenvalue weighted by molar-refractivity contribution is -0.168. The molecule has 2 aliphatic rings. The van der Waals surface area contributed by atoms with Gasteiger partial charge in [-0.15, -0.1) is 0 Å². The molecule has 196 valence electrons. The van der Waals surface area contributed by atoms with Gasteiger partial charge in [-0.05, 0) is 62.9 Å². The van der Waals surface area contributed by atoms with Crippen molar-refractivity contribution in [1.82, 2.24) is 14.8 Å². The second-order valence-corrected chi connectivity index (χ2v) is 10.3. The Labute approximate surface area is 218 Å². The van der Waals surface area contributed by atoms with Gasteiger partial charge in [-0.1, -0.05) is 38.1 Å². The third-order valence-electron chi connectivity index (χ3n) is 8.03. The number of hydrogen-bond donors (Lipinski definition) is 1. The predicted molar refractivity (Wildman–Crippen MR) is 144 cm³/mol. The van der Waals surface area contributed by atoms with Crippen LogP contribution in [0.5, 0.6) is 11.5 Å². The van der Waals surface area contributed by atoms with Crippen LogP contribution in [0.4, 0.5) is 0 Å². The van der Waals surface area contributed by atoms with Crippen LogP contribution in [0.3, 0.4) is 0 Å². The molecule has 0 aliphatic carbocycles. The minimum atomic E-state index is -1.09. The smallest absolute Gasteiger partial charge is 0.255 e. The zero-order valence-corrected chi connectivity index (χ0v) is 22.5. The maximum atomic E-state index is 14.1. The third-order valence-corrected chi connectivity index (χ3v) is 8.03. The van der Waals surface area contributed by atoms with Crippen LogP contribution < -0.4 is 9.47 Å². The van der Waals surface area contributed by atoms with Gasteiger partial charge in [0.25, 0.3) is 5.91 Å². The topological polar surface area (TPSA) is 74.9 Å². The van der Waals surface area contributed by atoms with Gasteiger partial charge in [0.05, 0.1) is 18.9 Å². The molecule has 1 fully saturated rings. The number of aromatic nitrogens is 1. The van der Waals surface area contributed by atoms with Gasteiger partial charge in [-0.25, -0.2) is 0 Å². The van der Waals surface area contributed by atoms with Crippen LogP contribution >= 0.6 is 0 Å². The fraction of sp³-hybridized carbons (Fsp3) is 0.467. The summed E-state index contributed by atoms with van der Waals surface area (Å²) in [5, 5.41) is 1.08. The quantitative estimate of drug-likeness (QED) is 0.459. The minimum absolute atomic E-state index is 0.00890. The number of ether oxygens (including phenoxy) is 2. The Hall–Kier alpha value is -3.48. The lowest BCUT2D eigenvalue weighted by Crippen LogP contribution is -2.68. The van der Waals surface area contributed by atoms with E-state index in [0.29, 0.717) is 25.5 Å². The molecule has 1 saturated heterocycles. The number of aromatic amines is 1. The average molecular weight is 504 g/mol. The molecule has 0 bridgehead atoms. The highest BCUT2D eigenvalue weighted by atomic mass is 16.5. The molecule has 3 heterocycles. The van der Waals surface area contributed by atoms with Gasteiger partial charge in [0, 0.05) is 29.4 Å². The van der Waals surface area contributed by atoms with Crippen LogP contribution in [-0.4, -0.2) is 58.9 Å². The van der Waals surface area contributed by atoms with E-state index in [9.17, 15) is 9.59 Å². The third kappa shape index (κ3) is 3.95. The normalized spacial score (nSPS) is 22.1. The number of piperazine rings is 1. The number of carbonyl (C=O) groups is 2. The first-order valence-electron chi connectivity index (χ1n) is 13.5. The van der Waals surface area contributed by atoms with E-state index >= 15 is 0 Å². The molecule has 7 heteroatoms. The summed E-state index contributed by atoms with van der Waals surface area (Å²) < 4.78 is 11.9. The molecule has 2 aromatic carbocycles. The van der Waals surface area contributed by atoms with Crippen LogP contribution in [0.2, 0.25) is 0 Å². The molecule has 1 N–H and O–H groups in total. The van der Waals surface area contributed by atoms with Crippen LogP contribution in [-0.2, 0) is 15.1 Å². The van der Waals surface area contributed by atoms with Crippen molar-refractivity contribution in [2.75, 3.05) is 26.3 Å². The van der Waals surface area contributed by atoms with E-state index in [-0.39, 0.29) is 30.3 Å². The highest BCUT2D eigenvalue weighted by Gasteiger charge is 2.56. The maximum absolute atomic E-state index is 14.1. The van der Waals surface area contributed by atoms with E-state index in [1.54, 1.807) is 9.80 Å². The van der Waals surface area contributed by atoms with Gasteiger partial charge >= 0.3 is 0 Å². The highest BCUT2D eigenvalue weighted by molar-refractivity contribution is 6.01. The number of H-pyrrole nitrogens is 1. The van der Waals surface area contributed by atoms with Crippen LogP contribution in [0.25, 0.3) is 10.9 Å². The van der Waals surface area contributed by atoms with Crippen molar-refractivity contribution in [2.24, 2.45) is 0 Å². The van der Waals surface area contributed by atoms with E-state index in [0.717, 1.165) is 46.3 Å². The SMILES string of the molecule is CCCOc1ccc(C2CN3C(=O)CN(C(C)CC)C(=O)[C@]3(C)c3[nH]c4ccccc4c32)cc1OCC. The molecule has 0 saturated carbocycles. The van der Waals surface area contributed by atoms with Gasteiger partial charge in [-0.3, -0.25) is 9.59 Å². The summed E-state index contributed by atoms with van der Waals surface area (Å²) in [7, 11) is 0. The number of rotatable bonds is 8. The molecular formula is C30H37N3O4. The van der Waals surface area contributed by atoms with Gasteiger partial charge in [0.1, 0.15) is 6.54 Å². The van der Waals surface area contributed by atoms with Gasteiger partial charge in [0.15, 0.2) is 17.0 Å². The molecule has 0 spiro atoms. The first-order chi connectivity index (χ1) is 17.8. The summed E-state index contributed by atoms with van der Waals surface area (Å²) in [6.07, 6.45) is 1.70. The van der Waals surface area contributed by atoms with Crippen LogP contribution in [0.15, 0.2) is 42.5 Å². The van der Waals surface area contributed by atoms with Crippen molar-refractivity contribution in [1.29, 1.82) is 0 Å². The van der Waals surface area contributed by atoms with Crippen molar-refractivity contribution in [3.63, 3.8) is 0 Å². The number of nitrogens with one attached hydrogen (secondary N) is 1. The standard InChI is InChI=1S/C30H37N3O4/c1-6-15-37-24-14-13-20(16-25(24)36-8-3)22-17-33-26(34)18-32(19(4)7-2)29(35)30(33,5)28-27(22)21-11-9-10-12-23(21)31-28/h9-14,16,19,22,31H,6-8,15,17-18H2,1-5H3/t19?,22?,30-/m0/s1. The number of nitrogens with zero attached hydrogens (tertiary/aromatic N) is 2. The van der Waals surface area contributed by atoms with Gasteiger partial charge in [0.2, 0.25) is 5.91 Å². The molecule has 5 rings (SSSR count). The molecule has 1 aromatic heterocycles. The van der Waals surface area contributed by atoms with E-state index in [2.05, 4.69) is 24.0 Å². The first kappa shape index (κ1) is 25.2. The Morgan fingerprint density at radius 3 is 2.59 bits per heavy atom. The molecule has 2 unspecified atom stereocenters. The average Bonchev–Trinajstić information content (AvgIpc) is 3.30.